The van der Waals surface area contributed by atoms with E-state index in [9.17, 15) is 14.3 Å². The first-order valence-corrected chi connectivity index (χ1v) is 6.38. The molecule has 0 aliphatic rings. The standard InChI is InChI=1S/C16H15FO3/c1-2-8-20-15-7-6-12(10-14(15)16(18)19)11-4-3-5-13(17)9-11/h3-7,9-10H,2,8H2,1H3,(H,18,19). The van der Waals surface area contributed by atoms with Crippen LogP contribution in [0.25, 0.3) is 11.1 Å². The molecule has 3 nitrogen and oxygen atoms in total. The third-order valence-corrected chi connectivity index (χ3v) is 2.83. The Morgan fingerprint density at radius 2 is 1.95 bits per heavy atom. The number of hydrogen-bond donors (Lipinski definition) is 1. The van der Waals surface area contributed by atoms with Crippen LogP contribution in [0.4, 0.5) is 4.39 Å². The molecule has 0 bridgehead atoms. The minimum atomic E-state index is -1.06. The lowest BCUT2D eigenvalue weighted by Crippen LogP contribution is -2.04. The van der Waals surface area contributed by atoms with E-state index in [2.05, 4.69) is 0 Å². The summed E-state index contributed by atoms with van der Waals surface area (Å²) >= 11 is 0. The third kappa shape index (κ3) is 3.15. The summed E-state index contributed by atoms with van der Waals surface area (Å²) in [6.07, 6.45) is 0.796. The molecule has 0 saturated carbocycles. The molecule has 0 heterocycles. The maximum Gasteiger partial charge on any atom is 0.339 e. The predicted molar refractivity (Wildman–Crippen MR) is 74.6 cm³/mol. The zero-order chi connectivity index (χ0) is 14.5. The maximum atomic E-state index is 13.2. The Balaban J connectivity index is 2.42. The van der Waals surface area contributed by atoms with Gasteiger partial charge in [-0.3, -0.25) is 0 Å². The summed E-state index contributed by atoms with van der Waals surface area (Å²) in [7, 11) is 0. The van der Waals surface area contributed by atoms with Gasteiger partial charge in [0, 0.05) is 0 Å². The second kappa shape index (κ2) is 6.19. The van der Waals surface area contributed by atoms with Crippen molar-refractivity contribution in [1.29, 1.82) is 0 Å². The van der Waals surface area contributed by atoms with Gasteiger partial charge in [0.2, 0.25) is 0 Å². The van der Waals surface area contributed by atoms with Gasteiger partial charge in [0.1, 0.15) is 17.1 Å². The minimum Gasteiger partial charge on any atom is -0.493 e. The molecule has 0 fully saturated rings. The van der Waals surface area contributed by atoms with Gasteiger partial charge in [0.25, 0.3) is 0 Å². The molecule has 2 aromatic rings. The van der Waals surface area contributed by atoms with Crippen LogP contribution in [-0.4, -0.2) is 17.7 Å². The van der Waals surface area contributed by atoms with Crippen molar-refractivity contribution in [3.63, 3.8) is 0 Å². The van der Waals surface area contributed by atoms with E-state index in [0.717, 1.165) is 6.42 Å². The van der Waals surface area contributed by atoms with Gasteiger partial charge in [0.15, 0.2) is 0 Å². The van der Waals surface area contributed by atoms with E-state index >= 15 is 0 Å². The summed E-state index contributed by atoms with van der Waals surface area (Å²) in [5, 5.41) is 9.24. The molecule has 1 N–H and O–H groups in total. The van der Waals surface area contributed by atoms with Gasteiger partial charge in [-0.05, 0) is 41.8 Å². The zero-order valence-electron chi connectivity index (χ0n) is 11.1. The number of carbonyl (C=O) groups is 1. The highest BCUT2D eigenvalue weighted by Gasteiger charge is 2.13. The molecule has 0 aliphatic carbocycles. The zero-order valence-corrected chi connectivity index (χ0v) is 11.1. The first-order valence-electron chi connectivity index (χ1n) is 6.38. The van der Waals surface area contributed by atoms with Gasteiger partial charge in [-0.15, -0.1) is 0 Å². The van der Waals surface area contributed by atoms with Crippen molar-refractivity contribution in [2.24, 2.45) is 0 Å². The molecule has 20 heavy (non-hydrogen) atoms. The van der Waals surface area contributed by atoms with E-state index in [1.807, 2.05) is 6.92 Å². The molecule has 0 amide bonds. The van der Waals surface area contributed by atoms with Crippen LogP contribution in [0.3, 0.4) is 0 Å². The lowest BCUT2D eigenvalue weighted by atomic mass is 10.0. The monoisotopic (exact) mass is 274 g/mol. The number of carboxylic acids is 1. The van der Waals surface area contributed by atoms with Crippen LogP contribution in [0.2, 0.25) is 0 Å². The van der Waals surface area contributed by atoms with Gasteiger partial charge in [-0.1, -0.05) is 25.1 Å². The van der Waals surface area contributed by atoms with Crippen molar-refractivity contribution in [2.45, 2.75) is 13.3 Å². The number of aromatic carboxylic acids is 1. The molecule has 0 spiro atoms. The molecule has 2 aromatic carbocycles. The van der Waals surface area contributed by atoms with Crippen molar-refractivity contribution in [3.8, 4) is 16.9 Å². The van der Waals surface area contributed by atoms with Crippen molar-refractivity contribution >= 4 is 5.97 Å². The molecule has 0 atom stereocenters. The minimum absolute atomic E-state index is 0.0835. The molecule has 0 unspecified atom stereocenters. The van der Waals surface area contributed by atoms with E-state index in [4.69, 9.17) is 4.74 Å². The fourth-order valence-electron chi connectivity index (χ4n) is 1.88. The van der Waals surface area contributed by atoms with Crippen molar-refractivity contribution < 1.29 is 19.0 Å². The summed E-state index contributed by atoms with van der Waals surface area (Å²) < 4.78 is 18.6. The topological polar surface area (TPSA) is 46.5 Å². The summed E-state index contributed by atoms with van der Waals surface area (Å²) in [5.74, 6) is -1.08. The van der Waals surface area contributed by atoms with E-state index in [1.54, 1.807) is 24.3 Å². The highest BCUT2D eigenvalue weighted by Crippen LogP contribution is 2.27. The average molecular weight is 274 g/mol. The van der Waals surface area contributed by atoms with Crippen LogP contribution < -0.4 is 4.74 Å². The first-order chi connectivity index (χ1) is 9.61. The highest BCUT2D eigenvalue weighted by molar-refractivity contribution is 5.92. The molecule has 2 rings (SSSR count). The van der Waals surface area contributed by atoms with Crippen LogP contribution in [0, 0.1) is 5.82 Å². The molecular formula is C16H15FO3. The second-order valence-corrected chi connectivity index (χ2v) is 4.37. The quantitative estimate of drug-likeness (QED) is 0.897. The Hall–Kier alpha value is -2.36. The molecule has 0 aromatic heterocycles. The first kappa shape index (κ1) is 14.1. The average Bonchev–Trinajstić information content (AvgIpc) is 2.44. The van der Waals surface area contributed by atoms with E-state index in [0.29, 0.717) is 23.5 Å². The smallest absolute Gasteiger partial charge is 0.339 e. The Labute approximate surface area is 116 Å². The number of halogens is 1. The van der Waals surface area contributed by atoms with Gasteiger partial charge in [-0.25, -0.2) is 9.18 Å². The fourth-order valence-corrected chi connectivity index (χ4v) is 1.88. The number of carboxylic acid groups (broad SMARTS) is 1. The summed E-state index contributed by atoms with van der Waals surface area (Å²) in [5.41, 5.74) is 1.36. The Morgan fingerprint density at radius 1 is 1.20 bits per heavy atom. The Bertz CT molecular complexity index is 623. The second-order valence-electron chi connectivity index (χ2n) is 4.37. The van der Waals surface area contributed by atoms with Crippen molar-refractivity contribution in [3.05, 3.63) is 53.8 Å². The normalized spacial score (nSPS) is 10.3. The summed E-state index contributed by atoms with van der Waals surface area (Å²) in [6, 6.07) is 10.9. The summed E-state index contributed by atoms with van der Waals surface area (Å²) in [6.45, 7) is 2.40. The number of hydrogen-bond acceptors (Lipinski definition) is 2. The van der Waals surface area contributed by atoms with Crippen LogP contribution in [0.15, 0.2) is 42.5 Å². The molecule has 0 saturated heterocycles. The largest absolute Gasteiger partial charge is 0.493 e. The predicted octanol–water partition coefficient (Wildman–Crippen LogP) is 3.98. The van der Waals surface area contributed by atoms with E-state index in [-0.39, 0.29) is 11.4 Å². The highest BCUT2D eigenvalue weighted by atomic mass is 19.1. The number of rotatable bonds is 5. The fraction of sp³-hybridized carbons (Fsp3) is 0.188. The lowest BCUT2D eigenvalue weighted by Gasteiger charge is -2.10. The SMILES string of the molecule is CCCOc1ccc(-c2cccc(F)c2)cc1C(=O)O. The van der Waals surface area contributed by atoms with Crippen LogP contribution in [-0.2, 0) is 0 Å². The van der Waals surface area contributed by atoms with E-state index in [1.165, 1.54) is 18.2 Å². The van der Waals surface area contributed by atoms with Gasteiger partial charge in [-0.2, -0.15) is 0 Å². The maximum absolute atomic E-state index is 13.2. The van der Waals surface area contributed by atoms with Crippen LogP contribution in [0.5, 0.6) is 5.75 Å². The van der Waals surface area contributed by atoms with Gasteiger partial charge >= 0.3 is 5.97 Å². The number of ether oxygens (including phenoxy) is 1. The van der Waals surface area contributed by atoms with Crippen molar-refractivity contribution in [1.82, 2.24) is 0 Å². The molecular weight excluding hydrogens is 259 g/mol. The molecule has 4 heteroatoms. The lowest BCUT2D eigenvalue weighted by molar-refractivity contribution is 0.0692. The van der Waals surface area contributed by atoms with Crippen LogP contribution in [0.1, 0.15) is 23.7 Å². The van der Waals surface area contributed by atoms with Crippen LogP contribution >= 0.6 is 0 Å². The van der Waals surface area contributed by atoms with Gasteiger partial charge in [0.05, 0.1) is 6.61 Å². The van der Waals surface area contributed by atoms with E-state index < -0.39 is 5.97 Å². The van der Waals surface area contributed by atoms with Gasteiger partial charge < -0.3 is 9.84 Å². The summed E-state index contributed by atoms with van der Waals surface area (Å²) in [4.78, 5) is 11.3. The Morgan fingerprint density at radius 3 is 2.60 bits per heavy atom. The number of benzene rings is 2. The molecule has 0 radical (unpaired) electrons. The van der Waals surface area contributed by atoms with Crippen molar-refractivity contribution in [2.75, 3.05) is 6.61 Å². The molecule has 104 valence electrons. The third-order valence-electron chi connectivity index (χ3n) is 2.83. The molecule has 0 aliphatic heterocycles. The Kier molecular flexibility index (Phi) is 4.35.